The van der Waals surface area contributed by atoms with Crippen molar-refractivity contribution in [1.82, 2.24) is 30.4 Å². The zero-order valence-electron chi connectivity index (χ0n) is 18.2. The Balaban J connectivity index is 1.36. The molecule has 2 amide bonds. The molecule has 1 aromatic carbocycles. The minimum atomic E-state index is -4.80. The Bertz CT molecular complexity index is 1260. The summed E-state index contributed by atoms with van der Waals surface area (Å²) >= 11 is 5.94. The van der Waals surface area contributed by atoms with E-state index >= 15 is 0 Å². The van der Waals surface area contributed by atoms with Gasteiger partial charge in [-0.15, -0.1) is 18.3 Å². The number of benzene rings is 1. The van der Waals surface area contributed by atoms with E-state index in [4.69, 9.17) is 20.8 Å². The van der Waals surface area contributed by atoms with Gasteiger partial charge in [-0.05, 0) is 31.0 Å². The molecular formula is C20H18ClF3N6O6. The fourth-order valence-corrected chi connectivity index (χ4v) is 3.80. The average Bonchev–Trinajstić information content (AvgIpc) is 3.29. The molecule has 12 nitrogen and oxygen atoms in total. The van der Waals surface area contributed by atoms with E-state index in [1.165, 1.54) is 6.20 Å². The van der Waals surface area contributed by atoms with Gasteiger partial charge in [-0.25, -0.2) is 14.8 Å². The number of ether oxygens (including phenoxy) is 2. The number of aromatic nitrogens is 4. The largest absolute Gasteiger partial charge is 0.522 e. The molecule has 0 aliphatic carbocycles. The quantitative estimate of drug-likeness (QED) is 0.435. The van der Waals surface area contributed by atoms with E-state index in [1.807, 2.05) is 0 Å². The number of alkyl halides is 3. The maximum absolute atomic E-state index is 12.7. The molecule has 0 bridgehead atoms. The lowest BCUT2D eigenvalue weighted by Crippen LogP contribution is -2.50. The van der Waals surface area contributed by atoms with Gasteiger partial charge in [0.25, 0.3) is 5.91 Å². The lowest BCUT2D eigenvalue weighted by atomic mass is 9.98. The maximum Gasteiger partial charge on any atom is 0.522 e. The van der Waals surface area contributed by atoms with Gasteiger partial charge < -0.3 is 19.6 Å². The van der Waals surface area contributed by atoms with Crippen LogP contribution in [-0.2, 0) is 4.74 Å². The summed E-state index contributed by atoms with van der Waals surface area (Å²) in [5, 5.41) is 20.9. The monoisotopic (exact) mass is 530 g/mol. The van der Waals surface area contributed by atoms with Gasteiger partial charge in [0, 0.05) is 29.2 Å². The van der Waals surface area contributed by atoms with Gasteiger partial charge in [0.05, 0.1) is 12.1 Å². The van der Waals surface area contributed by atoms with Crippen molar-refractivity contribution < 1.29 is 41.8 Å². The summed E-state index contributed by atoms with van der Waals surface area (Å²) in [5.41, 5.74) is 0.523. The van der Waals surface area contributed by atoms with Crippen molar-refractivity contribution in [1.29, 1.82) is 0 Å². The number of nitrogens with zero attached hydrogens (tertiary/aromatic N) is 5. The molecule has 1 aliphatic rings. The van der Waals surface area contributed by atoms with Crippen molar-refractivity contribution >= 4 is 34.5 Å². The van der Waals surface area contributed by atoms with E-state index in [2.05, 4.69) is 30.2 Å². The summed E-state index contributed by atoms with van der Waals surface area (Å²) in [5.74, 6) is -0.748. The number of nitrogens with one attached hydrogen (secondary N) is 1. The van der Waals surface area contributed by atoms with Crippen molar-refractivity contribution in [2.45, 2.75) is 31.3 Å². The van der Waals surface area contributed by atoms with Crippen LogP contribution in [0.1, 0.15) is 35.4 Å². The van der Waals surface area contributed by atoms with Gasteiger partial charge in [0.15, 0.2) is 0 Å². The van der Waals surface area contributed by atoms with Crippen LogP contribution >= 0.6 is 11.6 Å². The minimum absolute atomic E-state index is 0.0815. The van der Waals surface area contributed by atoms with Crippen molar-refractivity contribution in [2.75, 3.05) is 19.8 Å². The number of amides is 2. The summed E-state index contributed by atoms with van der Waals surface area (Å²) in [6.45, 7) is -1.39. The van der Waals surface area contributed by atoms with Gasteiger partial charge in [-0.3, -0.25) is 14.4 Å². The van der Waals surface area contributed by atoms with Gasteiger partial charge in [-0.2, -0.15) is 0 Å². The van der Waals surface area contributed by atoms with E-state index in [0.717, 1.165) is 4.90 Å². The molecule has 16 heteroatoms. The lowest BCUT2D eigenvalue weighted by Gasteiger charge is -2.36. The number of hydrogen-bond donors (Lipinski definition) is 2. The highest BCUT2D eigenvalue weighted by atomic mass is 35.5. The van der Waals surface area contributed by atoms with Crippen LogP contribution in [0.25, 0.3) is 10.9 Å². The van der Waals surface area contributed by atoms with Crippen LogP contribution in [0.4, 0.5) is 18.0 Å². The molecule has 1 aliphatic heterocycles. The predicted octanol–water partition coefficient (Wildman–Crippen LogP) is 3.19. The number of piperidine rings is 1. The molecule has 1 saturated heterocycles. The van der Waals surface area contributed by atoms with Crippen LogP contribution < -0.4 is 10.1 Å². The zero-order valence-corrected chi connectivity index (χ0v) is 19.0. The fraction of sp³-hybridized carbons (Fsp3) is 0.400. The number of likely N-dealkylation sites (tertiary alicyclic amines) is 1. The van der Waals surface area contributed by atoms with E-state index in [9.17, 15) is 27.9 Å². The van der Waals surface area contributed by atoms with Crippen molar-refractivity contribution in [2.24, 2.45) is 0 Å². The second-order valence-corrected chi connectivity index (χ2v) is 8.08. The summed E-state index contributed by atoms with van der Waals surface area (Å²) in [6.07, 6.45) is -4.47. The third kappa shape index (κ3) is 6.28. The molecule has 2 atom stereocenters. The van der Waals surface area contributed by atoms with Gasteiger partial charge in [-0.1, -0.05) is 16.7 Å². The number of hydrogen-bond acceptors (Lipinski definition) is 9. The van der Waals surface area contributed by atoms with E-state index in [-0.39, 0.29) is 24.7 Å². The second kappa shape index (κ2) is 10.5. The molecule has 4 rings (SSSR count). The molecule has 0 saturated carbocycles. The van der Waals surface area contributed by atoms with Crippen LogP contribution in [0.2, 0.25) is 5.02 Å². The Morgan fingerprint density at radius 1 is 1.25 bits per heavy atom. The minimum Gasteiger partial charge on any atom is -0.465 e. The molecule has 0 unspecified atom stereocenters. The highest BCUT2D eigenvalue weighted by Crippen LogP contribution is 2.31. The molecule has 0 spiro atoms. The summed E-state index contributed by atoms with van der Waals surface area (Å²) in [7, 11) is 0. The summed E-state index contributed by atoms with van der Waals surface area (Å²) in [4.78, 5) is 33.8. The van der Waals surface area contributed by atoms with Gasteiger partial charge in [0.2, 0.25) is 11.7 Å². The van der Waals surface area contributed by atoms with E-state index in [1.54, 1.807) is 18.2 Å². The number of halogens is 4. The van der Waals surface area contributed by atoms with Crippen LogP contribution in [0, 0.1) is 0 Å². The maximum atomic E-state index is 12.7. The van der Waals surface area contributed by atoms with E-state index in [0.29, 0.717) is 22.3 Å². The molecule has 3 aromatic rings. The Kier molecular flexibility index (Phi) is 7.40. The third-order valence-corrected chi connectivity index (χ3v) is 5.42. The SMILES string of the molecule is O=C(N[C@H]1CC[C@H](c2nnc(OCCOC(F)(F)F)o2)N(C(=O)O)C1)c1ncc2cc(Cl)ccc2n1. The molecule has 3 heterocycles. The average molecular weight is 531 g/mol. The Hall–Kier alpha value is -3.72. The second-order valence-electron chi connectivity index (χ2n) is 7.64. The molecule has 1 fully saturated rings. The molecule has 2 aromatic heterocycles. The Morgan fingerprint density at radius 3 is 2.81 bits per heavy atom. The molecule has 192 valence electrons. The van der Waals surface area contributed by atoms with E-state index < -0.39 is 49.7 Å². The topological polar surface area (TPSA) is 153 Å². The number of carboxylic acid groups (broad SMARTS) is 1. The van der Waals surface area contributed by atoms with Crippen LogP contribution in [0.3, 0.4) is 0 Å². The molecule has 36 heavy (non-hydrogen) atoms. The van der Waals surface area contributed by atoms with Crippen LogP contribution in [0.5, 0.6) is 6.08 Å². The van der Waals surface area contributed by atoms with Crippen molar-refractivity contribution in [3.05, 3.63) is 41.1 Å². The number of fused-ring (bicyclic) bond motifs is 1. The summed E-state index contributed by atoms with van der Waals surface area (Å²) in [6, 6.07) is 3.56. The normalized spacial score (nSPS) is 18.3. The van der Waals surface area contributed by atoms with Gasteiger partial charge >= 0.3 is 18.5 Å². The Morgan fingerprint density at radius 2 is 2.06 bits per heavy atom. The number of carbonyl (C=O) groups excluding carboxylic acids is 1. The third-order valence-electron chi connectivity index (χ3n) is 5.19. The Labute approximate surface area is 205 Å². The van der Waals surface area contributed by atoms with Crippen molar-refractivity contribution in [3.63, 3.8) is 0 Å². The first-order valence-electron chi connectivity index (χ1n) is 10.5. The molecule has 0 radical (unpaired) electrons. The molecule has 2 N–H and O–H groups in total. The fourth-order valence-electron chi connectivity index (χ4n) is 3.62. The van der Waals surface area contributed by atoms with Crippen LogP contribution in [-0.4, -0.2) is 74.3 Å². The highest BCUT2D eigenvalue weighted by molar-refractivity contribution is 6.31. The number of carbonyl (C=O) groups is 2. The lowest BCUT2D eigenvalue weighted by molar-refractivity contribution is -0.325. The first kappa shape index (κ1) is 25.4. The first-order valence-corrected chi connectivity index (χ1v) is 10.9. The highest BCUT2D eigenvalue weighted by Gasteiger charge is 2.37. The van der Waals surface area contributed by atoms with Crippen LogP contribution in [0.15, 0.2) is 28.8 Å². The smallest absolute Gasteiger partial charge is 0.465 e. The van der Waals surface area contributed by atoms with Gasteiger partial charge in [0.1, 0.15) is 12.6 Å². The van der Waals surface area contributed by atoms with Crippen molar-refractivity contribution in [3.8, 4) is 6.08 Å². The summed E-state index contributed by atoms with van der Waals surface area (Å²) < 4.78 is 49.8. The zero-order chi connectivity index (χ0) is 25.9. The number of rotatable bonds is 7. The predicted molar refractivity (Wildman–Crippen MR) is 114 cm³/mol. The standard InChI is InChI=1S/C20H18ClF3N6O6/c21-11-1-3-13-10(7-11)8-25-15(27-13)16(31)26-12-2-4-14(30(9-12)19(32)33)17-28-29-18(36-17)34-5-6-35-20(22,23)24/h1,3,7-8,12,14H,2,4-6,9H2,(H,26,31)(H,32,33)/t12-,14+/m0/s1. The first-order chi connectivity index (χ1) is 17.1. The molecular weight excluding hydrogens is 513 g/mol.